The third kappa shape index (κ3) is 4.46. The smallest absolute Gasteiger partial charge is 0.326 e. The van der Waals surface area contributed by atoms with Crippen LogP contribution >= 0.6 is 0 Å². The van der Waals surface area contributed by atoms with Crippen LogP contribution in [0.5, 0.6) is 0 Å². The third-order valence-corrected chi connectivity index (χ3v) is 6.87. The molecule has 0 aliphatic carbocycles. The van der Waals surface area contributed by atoms with Crippen LogP contribution < -0.4 is 11.4 Å². The van der Waals surface area contributed by atoms with Gasteiger partial charge in [0, 0.05) is 37.8 Å². The maximum atomic E-state index is 12.7. The Hall–Kier alpha value is -2.81. The van der Waals surface area contributed by atoms with Crippen LogP contribution in [0.4, 0.5) is 0 Å². The number of piperidine rings is 2. The lowest BCUT2D eigenvalue weighted by Gasteiger charge is -2.38. The number of hydrogen-bond acceptors (Lipinski definition) is 5. The van der Waals surface area contributed by atoms with Gasteiger partial charge >= 0.3 is 5.69 Å². The number of fused-ring (bicyclic) bond motifs is 1. The molecule has 0 bridgehead atoms. The summed E-state index contributed by atoms with van der Waals surface area (Å²) in [5.41, 5.74) is 7.87. The molecule has 2 fully saturated rings. The molecule has 2 aliphatic rings. The first-order valence-electron chi connectivity index (χ1n) is 11.0. The molecule has 31 heavy (non-hydrogen) atoms. The zero-order valence-electron chi connectivity index (χ0n) is 18.3. The van der Waals surface area contributed by atoms with Crippen molar-refractivity contribution in [1.82, 2.24) is 19.4 Å². The molecule has 0 spiro atoms. The highest BCUT2D eigenvalue weighted by molar-refractivity contribution is 5.99. The number of H-pyrrole nitrogens is 1. The zero-order valence-corrected chi connectivity index (χ0v) is 18.3. The van der Waals surface area contributed by atoms with Gasteiger partial charge in [-0.25, -0.2) is 4.79 Å². The molecule has 4 N–H and O–H groups in total. The number of imidazole rings is 1. The van der Waals surface area contributed by atoms with Gasteiger partial charge in [0.05, 0.1) is 17.6 Å². The minimum atomic E-state index is -0.155. The van der Waals surface area contributed by atoms with Crippen molar-refractivity contribution >= 4 is 22.8 Å². The standard InChI is InChI=1S/C22H32N6O3/c1-22(2)7-11-27(12-8-22)19(29)14-26-9-5-16(6-10-26)28-18-4-3-15(20(23)25-31)13-17(18)24-21(28)30/h3-4,13,16,31H,5-12,14H2,1-2H3,(H2,23,25)(H,24,30). The van der Waals surface area contributed by atoms with Crippen molar-refractivity contribution < 1.29 is 10.0 Å². The summed E-state index contributed by atoms with van der Waals surface area (Å²) in [6, 6.07) is 5.37. The number of amides is 1. The largest absolute Gasteiger partial charge is 0.409 e. The summed E-state index contributed by atoms with van der Waals surface area (Å²) < 4.78 is 1.80. The maximum Gasteiger partial charge on any atom is 0.326 e. The number of hydrogen-bond donors (Lipinski definition) is 3. The van der Waals surface area contributed by atoms with Crippen LogP contribution in [-0.4, -0.2) is 69.0 Å². The van der Waals surface area contributed by atoms with E-state index in [1.165, 1.54) is 0 Å². The minimum absolute atomic E-state index is 0.00532. The van der Waals surface area contributed by atoms with E-state index in [2.05, 4.69) is 28.9 Å². The van der Waals surface area contributed by atoms with Gasteiger partial charge in [0.15, 0.2) is 5.84 Å². The van der Waals surface area contributed by atoms with Crippen molar-refractivity contribution in [2.45, 2.75) is 45.6 Å². The highest BCUT2D eigenvalue weighted by atomic mass is 16.4. The second-order valence-electron chi connectivity index (χ2n) is 9.57. The van der Waals surface area contributed by atoms with Crippen LogP contribution in [-0.2, 0) is 4.79 Å². The average molecular weight is 429 g/mol. The maximum absolute atomic E-state index is 12.7. The number of carbonyl (C=O) groups is 1. The number of aromatic nitrogens is 2. The number of carbonyl (C=O) groups excluding carboxylic acids is 1. The van der Waals surface area contributed by atoms with Crippen molar-refractivity contribution in [2.75, 3.05) is 32.7 Å². The first-order chi connectivity index (χ1) is 14.8. The number of rotatable bonds is 4. The minimum Gasteiger partial charge on any atom is -0.409 e. The summed E-state index contributed by atoms with van der Waals surface area (Å²) in [4.78, 5) is 32.4. The number of nitrogens with two attached hydrogens (primary N) is 1. The molecule has 3 heterocycles. The molecular formula is C22H32N6O3. The predicted molar refractivity (Wildman–Crippen MR) is 119 cm³/mol. The molecule has 0 atom stereocenters. The fourth-order valence-corrected chi connectivity index (χ4v) is 4.70. The summed E-state index contributed by atoms with van der Waals surface area (Å²) in [6.45, 7) is 8.26. The number of aromatic amines is 1. The van der Waals surface area contributed by atoms with E-state index in [-0.39, 0.29) is 23.5 Å². The lowest BCUT2D eigenvalue weighted by molar-refractivity contribution is -0.134. The summed E-state index contributed by atoms with van der Waals surface area (Å²) in [5.74, 6) is 0.222. The highest BCUT2D eigenvalue weighted by Crippen LogP contribution is 2.30. The molecule has 0 saturated carbocycles. The van der Waals surface area contributed by atoms with E-state index < -0.39 is 0 Å². The van der Waals surface area contributed by atoms with Gasteiger partial charge in [0.1, 0.15) is 0 Å². The lowest BCUT2D eigenvalue weighted by atomic mass is 9.82. The first kappa shape index (κ1) is 21.4. The quantitative estimate of drug-likeness (QED) is 0.296. The Balaban J connectivity index is 1.39. The van der Waals surface area contributed by atoms with Crippen molar-refractivity contribution in [3.05, 3.63) is 34.2 Å². The van der Waals surface area contributed by atoms with Gasteiger partial charge in [0.2, 0.25) is 5.91 Å². The Bertz CT molecular complexity index is 1040. The number of amidine groups is 1. The molecule has 9 heteroatoms. The van der Waals surface area contributed by atoms with Gasteiger partial charge in [-0.05, 0) is 49.3 Å². The molecule has 0 unspecified atom stereocenters. The summed E-state index contributed by atoms with van der Waals surface area (Å²) >= 11 is 0. The molecule has 9 nitrogen and oxygen atoms in total. The lowest BCUT2D eigenvalue weighted by Crippen LogP contribution is -2.47. The monoisotopic (exact) mass is 428 g/mol. The van der Waals surface area contributed by atoms with E-state index in [0.717, 1.165) is 57.4 Å². The number of benzene rings is 1. The second kappa shape index (κ2) is 8.37. The van der Waals surface area contributed by atoms with Gasteiger partial charge in [-0.15, -0.1) is 0 Å². The molecule has 0 radical (unpaired) electrons. The van der Waals surface area contributed by atoms with Crippen LogP contribution in [0, 0.1) is 5.41 Å². The fraction of sp³-hybridized carbons (Fsp3) is 0.591. The summed E-state index contributed by atoms with van der Waals surface area (Å²) in [6.07, 6.45) is 3.74. The predicted octanol–water partition coefficient (Wildman–Crippen LogP) is 1.71. The van der Waals surface area contributed by atoms with Gasteiger partial charge in [-0.2, -0.15) is 0 Å². The van der Waals surface area contributed by atoms with Crippen molar-refractivity contribution in [3.63, 3.8) is 0 Å². The van der Waals surface area contributed by atoms with Gasteiger partial charge in [-0.1, -0.05) is 19.0 Å². The van der Waals surface area contributed by atoms with Crippen LogP contribution in [0.3, 0.4) is 0 Å². The van der Waals surface area contributed by atoms with E-state index in [0.29, 0.717) is 23.0 Å². The Morgan fingerprint density at radius 3 is 2.55 bits per heavy atom. The van der Waals surface area contributed by atoms with E-state index in [9.17, 15) is 9.59 Å². The molecule has 1 aromatic heterocycles. The first-order valence-corrected chi connectivity index (χ1v) is 11.0. The average Bonchev–Trinajstić information content (AvgIpc) is 3.08. The van der Waals surface area contributed by atoms with Crippen LogP contribution in [0.1, 0.15) is 51.1 Å². The zero-order chi connectivity index (χ0) is 22.2. The van der Waals surface area contributed by atoms with E-state index in [1.807, 2.05) is 11.0 Å². The molecule has 2 aromatic rings. The fourth-order valence-electron chi connectivity index (χ4n) is 4.70. The van der Waals surface area contributed by atoms with Crippen molar-refractivity contribution in [3.8, 4) is 0 Å². The van der Waals surface area contributed by atoms with Crippen molar-refractivity contribution in [2.24, 2.45) is 16.3 Å². The molecular weight excluding hydrogens is 396 g/mol. The Morgan fingerprint density at radius 2 is 1.90 bits per heavy atom. The molecule has 4 rings (SSSR count). The number of oxime groups is 1. The van der Waals surface area contributed by atoms with E-state index in [1.54, 1.807) is 16.7 Å². The highest BCUT2D eigenvalue weighted by Gasteiger charge is 2.30. The van der Waals surface area contributed by atoms with Gasteiger partial charge in [0.25, 0.3) is 0 Å². The van der Waals surface area contributed by atoms with Crippen LogP contribution in [0.2, 0.25) is 0 Å². The van der Waals surface area contributed by atoms with E-state index in [4.69, 9.17) is 10.9 Å². The molecule has 168 valence electrons. The molecule has 2 aliphatic heterocycles. The SMILES string of the molecule is CC1(C)CCN(C(=O)CN2CCC(n3c(=O)[nH]c4cc(/C(N)=N/O)ccc43)CC2)CC1. The topological polar surface area (TPSA) is 120 Å². The van der Waals surface area contributed by atoms with Crippen molar-refractivity contribution in [1.29, 1.82) is 0 Å². The number of nitrogens with zero attached hydrogens (tertiary/aromatic N) is 4. The van der Waals surface area contributed by atoms with Gasteiger partial charge < -0.3 is 20.8 Å². The Labute approximate surface area is 181 Å². The normalized spacial score (nSPS) is 21.0. The molecule has 2 saturated heterocycles. The second-order valence-corrected chi connectivity index (χ2v) is 9.57. The van der Waals surface area contributed by atoms with Crippen LogP contribution in [0.15, 0.2) is 28.1 Å². The third-order valence-electron chi connectivity index (χ3n) is 6.87. The molecule has 1 aromatic carbocycles. The Morgan fingerprint density at radius 1 is 1.23 bits per heavy atom. The number of nitrogens with one attached hydrogen (secondary N) is 1. The number of likely N-dealkylation sites (tertiary alicyclic amines) is 2. The van der Waals surface area contributed by atoms with E-state index >= 15 is 0 Å². The summed E-state index contributed by atoms with van der Waals surface area (Å²) in [5, 5.41) is 11.9. The van der Waals surface area contributed by atoms with Gasteiger partial charge in [-0.3, -0.25) is 14.3 Å². The summed E-state index contributed by atoms with van der Waals surface area (Å²) in [7, 11) is 0. The molecule has 1 amide bonds. The Kier molecular flexibility index (Phi) is 5.79. The van der Waals surface area contributed by atoms with Crippen LogP contribution in [0.25, 0.3) is 11.0 Å².